The number of hydrogen-bond acceptors (Lipinski definition) is 6. The number of carbonyl (C=O) groups is 2. The molecule has 1 unspecified atom stereocenters. The van der Waals surface area contributed by atoms with Gasteiger partial charge in [-0.3, -0.25) is 0 Å². The van der Waals surface area contributed by atoms with Crippen LogP contribution in [0, 0.1) is 5.92 Å². The third-order valence-electron chi connectivity index (χ3n) is 6.93. The minimum Gasteiger partial charge on any atom is -0.480 e. The number of aliphatic carboxylic acids is 1. The molecule has 0 saturated heterocycles. The number of carboxylic acid groups (broad SMARTS) is 1. The number of benzene rings is 1. The number of ether oxygens (including phenoxy) is 2. The highest BCUT2D eigenvalue weighted by Gasteiger charge is 2.48. The van der Waals surface area contributed by atoms with Gasteiger partial charge in [0.15, 0.2) is 6.04 Å². The van der Waals surface area contributed by atoms with Crippen molar-refractivity contribution in [2.75, 3.05) is 13.2 Å². The molecule has 3 N–H and O–H groups in total. The van der Waals surface area contributed by atoms with E-state index >= 15 is 0 Å². The Labute approximate surface area is 230 Å². The van der Waals surface area contributed by atoms with Gasteiger partial charge in [0.05, 0.1) is 25.4 Å². The number of carboxylic acids is 1. The molecule has 0 heterocycles. The lowest BCUT2D eigenvalue weighted by molar-refractivity contribution is -0.141. The smallest absolute Gasteiger partial charge is 0.408 e. The highest BCUT2D eigenvalue weighted by atomic mass is 28.4. The Morgan fingerprint density at radius 2 is 1.45 bits per heavy atom. The van der Waals surface area contributed by atoms with Crippen molar-refractivity contribution >= 4 is 20.4 Å². The average Bonchev–Trinajstić information content (AvgIpc) is 2.76. The summed E-state index contributed by atoms with van der Waals surface area (Å²) in [5.41, 5.74) is 1.31. The minimum atomic E-state index is -2.34. The number of aliphatic hydroxyl groups is 1. The second kappa shape index (κ2) is 15.0. The van der Waals surface area contributed by atoms with Crippen molar-refractivity contribution in [3.05, 3.63) is 35.9 Å². The standard InChI is InChI=1S/C29H51NO7Si/c1-19(2)38(20(3)4,21(5)6)37-26(22(7)31)24(16-23-14-12-11-13-15-23)17-35-18-25(27(32)33)30-28(34)36-29(8,9)10/h11-15,19-22,24-26,31H,16-18H2,1-10H3,(H,30,34)(H,32,33)/t22-,24-,25?,26-/m0/s1. The Bertz CT molecular complexity index is 830. The molecule has 0 saturated carbocycles. The van der Waals surface area contributed by atoms with E-state index in [9.17, 15) is 19.8 Å². The van der Waals surface area contributed by atoms with E-state index < -0.39 is 44.2 Å². The minimum absolute atomic E-state index is 0.156. The third kappa shape index (κ3) is 10.3. The molecule has 4 atom stereocenters. The summed E-state index contributed by atoms with van der Waals surface area (Å²) >= 11 is 0. The van der Waals surface area contributed by atoms with Gasteiger partial charge in [-0.25, -0.2) is 9.59 Å². The Morgan fingerprint density at radius 3 is 1.87 bits per heavy atom. The van der Waals surface area contributed by atoms with E-state index in [0.29, 0.717) is 23.0 Å². The lowest BCUT2D eigenvalue weighted by atomic mass is 9.92. The molecule has 0 bridgehead atoms. The molecule has 0 fully saturated rings. The molecule has 1 aromatic rings. The van der Waals surface area contributed by atoms with Crippen molar-refractivity contribution in [2.24, 2.45) is 5.92 Å². The van der Waals surface area contributed by atoms with Crippen LogP contribution >= 0.6 is 0 Å². The molecule has 0 aromatic heterocycles. The first-order valence-corrected chi connectivity index (χ1v) is 15.8. The fraction of sp³-hybridized carbons (Fsp3) is 0.724. The first-order valence-electron chi connectivity index (χ1n) is 13.7. The van der Waals surface area contributed by atoms with Crippen LogP contribution in [0.15, 0.2) is 30.3 Å². The molecule has 1 rings (SSSR count). The fourth-order valence-corrected chi connectivity index (χ4v) is 11.1. The highest BCUT2D eigenvalue weighted by molar-refractivity contribution is 6.77. The van der Waals surface area contributed by atoms with Crippen LogP contribution in [-0.2, 0) is 25.1 Å². The molecule has 38 heavy (non-hydrogen) atoms. The number of hydrogen-bond donors (Lipinski definition) is 3. The van der Waals surface area contributed by atoms with Crippen LogP contribution in [0.2, 0.25) is 16.6 Å². The number of alkyl carbamates (subject to hydrolysis) is 1. The molecule has 0 aliphatic heterocycles. The number of rotatable bonds is 15. The van der Waals surface area contributed by atoms with E-state index in [1.54, 1.807) is 27.7 Å². The van der Waals surface area contributed by atoms with Crippen molar-refractivity contribution in [3.63, 3.8) is 0 Å². The van der Waals surface area contributed by atoms with Crippen LogP contribution < -0.4 is 5.32 Å². The van der Waals surface area contributed by atoms with E-state index in [1.807, 2.05) is 30.3 Å². The summed E-state index contributed by atoms with van der Waals surface area (Å²) in [5.74, 6) is -1.46. The molecule has 0 radical (unpaired) electrons. The third-order valence-corrected chi connectivity index (χ3v) is 13.0. The molecular weight excluding hydrogens is 502 g/mol. The Morgan fingerprint density at radius 1 is 0.921 bits per heavy atom. The predicted molar refractivity (Wildman–Crippen MR) is 153 cm³/mol. The zero-order valence-corrected chi connectivity index (χ0v) is 26.0. The molecule has 1 amide bonds. The second-order valence-corrected chi connectivity index (χ2v) is 17.6. The maximum Gasteiger partial charge on any atom is 0.408 e. The van der Waals surface area contributed by atoms with Gasteiger partial charge in [0.2, 0.25) is 8.32 Å². The maximum atomic E-state index is 12.2. The van der Waals surface area contributed by atoms with E-state index in [0.717, 1.165) is 5.56 Å². The van der Waals surface area contributed by atoms with Gasteiger partial charge < -0.3 is 29.4 Å². The SMILES string of the molecule is CC(C)[Si](O[C@H]([C@H](COCC(NC(=O)OC(C)(C)C)C(=O)O)Cc1ccccc1)[C@H](C)O)(C(C)C)C(C)C. The maximum absolute atomic E-state index is 12.2. The Balaban J connectivity index is 3.20. The van der Waals surface area contributed by atoms with E-state index in [4.69, 9.17) is 13.9 Å². The van der Waals surface area contributed by atoms with E-state index in [2.05, 4.69) is 46.9 Å². The molecule has 1 aromatic carbocycles. The first kappa shape index (κ1) is 34.1. The van der Waals surface area contributed by atoms with Crippen LogP contribution in [0.4, 0.5) is 4.79 Å². The average molecular weight is 554 g/mol. The lowest BCUT2D eigenvalue weighted by Crippen LogP contribution is -2.54. The van der Waals surface area contributed by atoms with E-state index in [-0.39, 0.29) is 19.1 Å². The van der Waals surface area contributed by atoms with Crippen LogP contribution in [0.3, 0.4) is 0 Å². The lowest BCUT2D eigenvalue weighted by Gasteiger charge is -2.47. The van der Waals surface area contributed by atoms with Gasteiger partial charge in [0.25, 0.3) is 0 Å². The molecule has 9 heteroatoms. The zero-order chi connectivity index (χ0) is 29.3. The van der Waals surface area contributed by atoms with Crippen molar-refractivity contribution in [3.8, 4) is 0 Å². The Kier molecular flexibility index (Phi) is 13.5. The van der Waals surface area contributed by atoms with Gasteiger partial charge in [-0.1, -0.05) is 71.9 Å². The molecule has 0 aliphatic rings. The number of nitrogens with one attached hydrogen (secondary N) is 1. The normalized spacial score (nSPS) is 15.8. The molecule has 0 spiro atoms. The van der Waals surface area contributed by atoms with Crippen LogP contribution in [0.1, 0.15) is 74.8 Å². The summed E-state index contributed by atoms with van der Waals surface area (Å²) in [6.45, 7) is 20.0. The van der Waals surface area contributed by atoms with Crippen molar-refractivity contribution in [1.82, 2.24) is 5.32 Å². The summed E-state index contributed by atoms with van der Waals surface area (Å²) in [5, 5.41) is 23.0. The number of aliphatic hydroxyl groups excluding tert-OH is 1. The fourth-order valence-electron chi connectivity index (χ4n) is 5.38. The quantitative estimate of drug-likeness (QED) is 0.236. The summed E-state index contributed by atoms with van der Waals surface area (Å²) in [6, 6.07) is 8.65. The zero-order valence-electron chi connectivity index (χ0n) is 25.0. The van der Waals surface area contributed by atoms with Crippen LogP contribution in [0.25, 0.3) is 0 Å². The second-order valence-electron chi connectivity index (χ2n) is 12.2. The molecular formula is C29H51NO7Si. The topological polar surface area (TPSA) is 114 Å². The monoisotopic (exact) mass is 553 g/mol. The number of amides is 1. The van der Waals surface area contributed by atoms with E-state index in [1.165, 1.54) is 0 Å². The largest absolute Gasteiger partial charge is 0.480 e. The summed E-state index contributed by atoms with van der Waals surface area (Å²) in [6.07, 6.45) is -1.49. The van der Waals surface area contributed by atoms with Crippen LogP contribution in [0.5, 0.6) is 0 Å². The van der Waals surface area contributed by atoms with Crippen molar-refractivity contribution in [2.45, 2.75) is 116 Å². The van der Waals surface area contributed by atoms with Gasteiger partial charge in [0, 0.05) is 5.92 Å². The summed E-state index contributed by atoms with van der Waals surface area (Å²) < 4.78 is 18.2. The molecule has 218 valence electrons. The van der Waals surface area contributed by atoms with Crippen molar-refractivity contribution < 1.29 is 33.7 Å². The summed E-state index contributed by atoms with van der Waals surface area (Å²) in [4.78, 5) is 24.0. The molecule has 8 nitrogen and oxygen atoms in total. The highest BCUT2D eigenvalue weighted by Crippen LogP contribution is 2.44. The summed E-state index contributed by atoms with van der Waals surface area (Å²) in [7, 11) is -2.34. The first-order chi connectivity index (χ1) is 17.5. The van der Waals surface area contributed by atoms with Gasteiger partial charge >= 0.3 is 12.1 Å². The predicted octanol–water partition coefficient (Wildman–Crippen LogP) is 5.78. The van der Waals surface area contributed by atoms with Gasteiger partial charge in [0.1, 0.15) is 5.60 Å². The van der Waals surface area contributed by atoms with Crippen molar-refractivity contribution in [1.29, 1.82) is 0 Å². The van der Waals surface area contributed by atoms with Gasteiger partial charge in [-0.15, -0.1) is 0 Å². The van der Waals surface area contributed by atoms with Gasteiger partial charge in [-0.2, -0.15) is 0 Å². The van der Waals surface area contributed by atoms with Crippen LogP contribution in [-0.4, -0.2) is 67.7 Å². The Hall–Kier alpha value is -1.94. The number of carbonyl (C=O) groups excluding carboxylic acids is 1. The van der Waals surface area contributed by atoms with Gasteiger partial charge in [-0.05, 0) is 56.3 Å². The molecule has 0 aliphatic carbocycles.